The lowest BCUT2D eigenvalue weighted by molar-refractivity contribution is -0.139. The molecule has 1 unspecified atom stereocenters. The summed E-state index contributed by atoms with van der Waals surface area (Å²) in [6, 6.07) is 11.0. The molecule has 2 aromatic rings. The molecule has 0 saturated heterocycles. The molecule has 0 aliphatic carbocycles. The number of sulfonamides is 1. The number of nitrogens with one attached hydrogen (secondary N) is 1. The van der Waals surface area contributed by atoms with Crippen molar-refractivity contribution >= 4 is 50.7 Å². The summed E-state index contributed by atoms with van der Waals surface area (Å²) in [4.78, 5) is 27.5. The molecule has 0 bridgehead atoms. The Bertz CT molecular complexity index is 1090. The number of hydrogen-bond donors (Lipinski definition) is 1. The van der Waals surface area contributed by atoms with Gasteiger partial charge in [0, 0.05) is 23.1 Å². The fraction of sp³-hybridized carbons (Fsp3) is 0.391. The third-order valence-electron chi connectivity index (χ3n) is 5.13. The van der Waals surface area contributed by atoms with Crippen LogP contribution in [0.5, 0.6) is 0 Å². The predicted octanol–water partition coefficient (Wildman–Crippen LogP) is 4.01. The largest absolute Gasteiger partial charge is 0.354 e. The topological polar surface area (TPSA) is 86.8 Å². The standard InChI is InChI=1S/C23H29Cl2N3O4S/c1-5-10-26-23(30)17(3)27(14-18-9-7-6-8-16(18)2)22(29)15-28(33(4,31)32)21-12-19(24)11-20(25)13-21/h6-9,11-13,17H,5,10,14-15H2,1-4H3,(H,26,30). The molecule has 33 heavy (non-hydrogen) atoms. The maximum absolute atomic E-state index is 13.5. The van der Waals surface area contributed by atoms with Crippen LogP contribution in [-0.4, -0.2) is 50.5 Å². The highest BCUT2D eigenvalue weighted by atomic mass is 35.5. The van der Waals surface area contributed by atoms with Crippen molar-refractivity contribution in [2.45, 2.75) is 39.8 Å². The van der Waals surface area contributed by atoms with Crippen LogP contribution in [0.4, 0.5) is 5.69 Å². The molecule has 0 saturated carbocycles. The number of aryl methyl sites for hydroxylation is 1. The van der Waals surface area contributed by atoms with Crippen LogP contribution in [-0.2, 0) is 26.2 Å². The van der Waals surface area contributed by atoms with E-state index < -0.39 is 28.5 Å². The summed E-state index contributed by atoms with van der Waals surface area (Å²) in [5, 5.41) is 3.28. The Hall–Kier alpha value is -2.29. The summed E-state index contributed by atoms with van der Waals surface area (Å²) in [5.74, 6) is -0.839. The lowest BCUT2D eigenvalue weighted by Crippen LogP contribution is -2.51. The molecule has 2 aromatic carbocycles. The Balaban J connectivity index is 2.42. The number of nitrogens with zero attached hydrogens (tertiary/aromatic N) is 2. The molecule has 180 valence electrons. The number of anilines is 1. The van der Waals surface area contributed by atoms with Gasteiger partial charge < -0.3 is 10.2 Å². The molecule has 0 fully saturated rings. The van der Waals surface area contributed by atoms with Crippen molar-refractivity contribution in [2.24, 2.45) is 0 Å². The third kappa shape index (κ3) is 7.62. The van der Waals surface area contributed by atoms with Gasteiger partial charge in [-0.3, -0.25) is 13.9 Å². The van der Waals surface area contributed by atoms with Gasteiger partial charge in [-0.1, -0.05) is 54.4 Å². The van der Waals surface area contributed by atoms with E-state index in [0.717, 1.165) is 28.1 Å². The molecule has 0 aliphatic heterocycles. The van der Waals surface area contributed by atoms with Crippen molar-refractivity contribution in [2.75, 3.05) is 23.7 Å². The van der Waals surface area contributed by atoms with Crippen LogP contribution >= 0.6 is 23.2 Å². The number of halogens is 2. The van der Waals surface area contributed by atoms with Gasteiger partial charge in [0.1, 0.15) is 12.6 Å². The van der Waals surface area contributed by atoms with Crippen molar-refractivity contribution in [3.63, 3.8) is 0 Å². The van der Waals surface area contributed by atoms with Gasteiger partial charge >= 0.3 is 0 Å². The third-order valence-corrected chi connectivity index (χ3v) is 6.71. The Morgan fingerprint density at radius 2 is 1.70 bits per heavy atom. The zero-order valence-corrected chi connectivity index (χ0v) is 21.5. The van der Waals surface area contributed by atoms with E-state index in [-0.39, 0.29) is 28.2 Å². The van der Waals surface area contributed by atoms with Crippen LogP contribution in [0.3, 0.4) is 0 Å². The van der Waals surface area contributed by atoms with Crippen LogP contribution in [0, 0.1) is 6.92 Å². The monoisotopic (exact) mass is 513 g/mol. The van der Waals surface area contributed by atoms with Crippen molar-refractivity contribution < 1.29 is 18.0 Å². The second-order valence-electron chi connectivity index (χ2n) is 7.81. The summed E-state index contributed by atoms with van der Waals surface area (Å²) in [6.07, 6.45) is 1.75. The summed E-state index contributed by atoms with van der Waals surface area (Å²) in [7, 11) is -3.85. The first kappa shape index (κ1) is 27.0. The van der Waals surface area contributed by atoms with Crippen molar-refractivity contribution in [1.82, 2.24) is 10.2 Å². The second kappa shape index (κ2) is 11.7. The summed E-state index contributed by atoms with van der Waals surface area (Å²) < 4.78 is 26.1. The summed E-state index contributed by atoms with van der Waals surface area (Å²) in [5.41, 5.74) is 1.98. The van der Waals surface area contributed by atoms with Crippen molar-refractivity contribution in [3.05, 3.63) is 63.6 Å². The average molecular weight is 514 g/mol. The van der Waals surface area contributed by atoms with Crippen LogP contribution < -0.4 is 9.62 Å². The van der Waals surface area contributed by atoms with Gasteiger partial charge in [-0.2, -0.15) is 0 Å². The molecule has 7 nitrogen and oxygen atoms in total. The Labute approximate surface area is 205 Å². The van der Waals surface area contributed by atoms with Gasteiger partial charge in [-0.25, -0.2) is 8.42 Å². The van der Waals surface area contributed by atoms with E-state index in [1.54, 1.807) is 6.92 Å². The predicted molar refractivity (Wildman–Crippen MR) is 133 cm³/mol. The van der Waals surface area contributed by atoms with Gasteiger partial charge in [-0.15, -0.1) is 0 Å². The minimum atomic E-state index is -3.85. The first-order valence-electron chi connectivity index (χ1n) is 10.5. The van der Waals surface area contributed by atoms with E-state index >= 15 is 0 Å². The highest BCUT2D eigenvalue weighted by Gasteiger charge is 2.30. The van der Waals surface area contributed by atoms with Gasteiger partial charge in [0.2, 0.25) is 21.8 Å². The van der Waals surface area contributed by atoms with Crippen molar-refractivity contribution in [3.8, 4) is 0 Å². The highest BCUT2D eigenvalue weighted by molar-refractivity contribution is 7.92. The Morgan fingerprint density at radius 1 is 1.09 bits per heavy atom. The molecule has 1 N–H and O–H groups in total. The minimum Gasteiger partial charge on any atom is -0.354 e. The van der Waals surface area contributed by atoms with Gasteiger partial charge in [-0.05, 0) is 49.6 Å². The second-order valence-corrected chi connectivity index (χ2v) is 10.6. The van der Waals surface area contributed by atoms with Crippen molar-refractivity contribution in [1.29, 1.82) is 0 Å². The quantitative estimate of drug-likeness (QED) is 0.519. The fourth-order valence-electron chi connectivity index (χ4n) is 3.25. The van der Waals surface area contributed by atoms with Crippen LogP contribution in [0.1, 0.15) is 31.4 Å². The molecule has 0 heterocycles. The molecule has 2 amide bonds. The number of hydrogen-bond acceptors (Lipinski definition) is 4. The average Bonchev–Trinajstić information content (AvgIpc) is 2.73. The van der Waals surface area contributed by atoms with E-state index in [2.05, 4.69) is 5.32 Å². The fourth-order valence-corrected chi connectivity index (χ4v) is 4.59. The van der Waals surface area contributed by atoms with Crippen LogP contribution in [0.15, 0.2) is 42.5 Å². The number of benzene rings is 2. The molecule has 1 atom stereocenters. The summed E-state index contributed by atoms with van der Waals surface area (Å²) >= 11 is 12.1. The lowest BCUT2D eigenvalue weighted by atomic mass is 10.1. The highest BCUT2D eigenvalue weighted by Crippen LogP contribution is 2.27. The maximum Gasteiger partial charge on any atom is 0.244 e. The molecule has 0 aromatic heterocycles. The molecular weight excluding hydrogens is 485 g/mol. The van der Waals surface area contributed by atoms with Gasteiger partial charge in [0.25, 0.3) is 0 Å². The zero-order chi connectivity index (χ0) is 24.8. The van der Waals surface area contributed by atoms with Gasteiger partial charge in [0.05, 0.1) is 11.9 Å². The molecule has 0 spiro atoms. The van der Waals surface area contributed by atoms with E-state index in [1.165, 1.54) is 23.1 Å². The first-order chi connectivity index (χ1) is 15.4. The number of amides is 2. The Morgan fingerprint density at radius 3 is 2.24 bits per heavy atom. The molecule has 2 rings (SSSR count). The zero-order valence-electron chi connectivity index (χ0n) is 19.1. The summed E-state index contributed by atoms with van der Waals surface area (Å²) in [6.45, 7) is 5.60. The normalized spacial score (nSPS) is 12.2. The minimum absolute atomic E-state index is 0.153. The molecule has 10 heteroatoms. The Kier molecular flexibility index (Phi) is 9.57. The van der Waals surface area contributed by atoms with E-state index in [1.807, 2.05) is 38.1 Å². The van der Waals surface area contributed by atoms with Crippen LogP contribution in [0.25, 0.3) is 0 Å². The van der Waals surface area contributed by atoms with E-state index in [9.17, 15) is 18.0 Å². The number of carbonyl (C=O) groups is 2. The SMILES string of the molecule is CCCNC(=O)C(C)N(Cc1ccccc1C)C(=O)CN(c1cc(Cl)cc(Cl)c1)S(C)(=O)=O. The first-order valence-corrected chi connectivity index (χ1v) is 13.1. The van der Waals surface area contributed by atoms with Crippen LogP contribution in [0.2, 0.25) is 10.0 Å². The van der Waals surface area contributed by atoms with Gasteiger partial charge in [0.15, 0.2) is 0 Å². The van der Waals surface area contributed by atoms with E-state index in [0.29, 0.717) is 6.54 Å². The molecule has 0 radical (unpaired) electrons. The number of rotatable bonds is 10. The van der Waals surface area contributed by atoms with E-state index in [4.69, 9.17) is 23.2 Å². The lowest BCUT2D eigenvalue weighted by Gasteiger charge is -2.32. The smallest absolute Gasteiger partial charge is 0.244 e. The number of carbonyl (C=O) groups excluding carboxylic acids is 2. The maximum atomic E-state index is 13.5. The molecule has 0 aliphatic rings. The molecular formula is C23H29Cl2N3O4S.